The number of hydrogen-bond acceptors (Lipinski definition) is 3. The molecule has 3 nitrogen and oxygen atoms in total. The molecule has 0 radical (unpaired) electrons. The van der Waals surface area contributed by atoms with Crippen LogP contribution in [0.3, 0.4) is 0 Å². The Morgan fingerprint density at radius 3 is 2.83 bits per heavy atom. The van der Waals surface area contributed by atoms with Crippen molar-refractivity contribution < 1.29 is 13.9 Å². The molecule has 0 unspecified atom stereocenters. The number of halogens is 2. The van der Waals surface area contributed by atoms with Gasteiger partial charge in [0.25, 0.3) is 0 Å². The van der Waals surface area contributed by atoms with E-state index in [1.54, 1.807) is 12.1 Å². The molecule has 0 amide bonds. The van der Waals surface area contributed by atoms with E-state index in [9.17, 15) is 9.18 Å². The topological polar surface area (TPSA) is 29.5 Å². The highest BCUT2D eigenvalue weighted by Crippen LogP contribution is 2.16. The Morgan fingerprint density at radius 2 is 2.22 bits per heavy atom. The molecule has 0 aliphatic carbocycles. The molecule has 0 heterocycles. The van der Waals surface area contributed by atoms with E-state index in [0.717, 1.165) is 0 Å². The molecular weight excluding hydrogens is 257 g/mol. The molecule has 1 rings (SSSR count). The molecule has 0 fully saturated rings. The first-order valence-electron chi connectivity index (χ1n) is 5.72. The second kappa shape index (κ2) is 7.34. The monoisotopic (exact) mass is 273 g/mol. The predicted molar refractivity (Wildman–Crippen MR) is 69.0 cm³/mol. The third-order valence-corrected chi connectivity index (χ3v) is 2.84. The van der Waals surface area contributed by atoms with Crippen LogP contribution in [0, 0.1) is 5.82 Å². The first kappa shape index (κ1) is 14.9. The number of benzene rings is 1. The lowest BCUT2D eigenvalue weighted by atomic mass is 10.2. The van der Waals surface area contributed by atoms with Crippen LogP contribution in [0.2, 0.25) is 5.02 Å². The Labute approximate surface area is 111 Å². The van der Waals surface area contributed by atoms with Gasteiger partial charge in [0.05, 0.1) is 7.11 Å². The third kappa shape index (κ3) is 5.02. The number of hydrogen-bond donors (Lipinski definition) is 0. The SMILES string of the molecule is COC(=O)CCCN(C)Cc1ccc(Cl)cc1F. The Morgan fingerprint density at radius 1 is 1.50 bits per heavy atom. The molecular formula is C13H17ClFNO2. The molecule has 0 bridgehead atoms. The summed E-state index contributed by atoms with van der Waals surface area (Å²) in [6, 6.07) is 4.65. The zero-order valence-electron chi connectivity index (χ0n) is 10.6. The lowest BCUT2D eigenvalue weighted by Gasteiger charge is -2.16. The van der Waals surface area contributed by atoms with Gasteiger partial charge in [-0.2, -0.15) is 0 Å². The fraction of sp³-hybridized carbons (Fsp3) is 0.462. The number of rotatable bonds is 6. The molecule has 100 valence electrons. The van der Waals surface area contributed by atoms with Gasteiger partial charge < -0.3 is 9.64 Å². The molecule has 0 atom stereocenters. The van der Waals surface area contributed by atoms with E-state index in [-0.39, 0.29) is 11.8 Å². The molecule has 1 aromatic rings. The van der Waals surface area contributed by atoms with Gasteiger partial charge in [0.1, 0.15) is 5.82 Å². The van der Waals surface area contributed by atoms with Crippen molar-refractivity contribution in [2.24, 2.45) is 0 Å². The van der Waals surface area contributed by atoms with Gasteiger partial charge in [-0.05, 0) is 32.1 Å². The molecule has 1 aromatic carbocycles. The van der Waals surface area contributed by atoms with Gasteiger partial charge in [0.15, 0.2) is 0 Å². The third-order valence-electron chi connectivity index (χ3n) is 2.60. The number of esters is 1. The van der Waals surface area contributed by atoms with E-state index in [0.29, 0.717) is 36.5 Å². The van der Waals surface area contributed by atoms with E-state index < -0.39 is 0 Å². The minimum atomic E-state index is -0.303. The van der Waals surface area contributed by atoms with Gasteiger partial charge in [0.2, 0.25) is 0 Å². The number of methoxy groups -OCH3 is 1. The van der Waals surface area contributed by atoms with E-state index >= 15 is 0 Å². The smallest absolute Gasteiger partial charge is 0.305 e. The molecule has 0 spiro atoms. The van der Waals surface area contributed by atoms with Crippen LogP contribution >= 0.6 is 11.6 Å². The molecule has 0 aliphatic heterocycles. The fourth-order valence-corrected chi connectivity index (χ4v) is 1.77. The average Bonchev–Trinajstić information content (AvgIpc) is 2.32. The van der Waals surface area contributed by atoms with Crippen molar-refractivity contribution >= 4 is 17.6 Å². The summed E-state index contributed by atoms with van der Waals surface area (Å²) in [5.41, 5.74) is 0.597. The Balaban J connectivity index is 2.39. The highest BCUT2D eigenvalue weighted by atomic mass is 35.5. The molecule has 0 aliphatic rings. The predicted octanol–water partition coefficient (Wildman–Crippen LogP) is 2.86. The summed E-state index contributed by atoms with van der Waals surface area (Å²) in [7, 11) is 3.25. The minimum Gasteiger partial charge on any atom is -0.469 e. The Hall–Kier alpha value is -1.13. The lowest BCUT2D eigenvalue weighted by molar-refractivity contribution is -0.140. The maximum atomic E-state index is 13.5. The molecule has 0 saturated carbocycles. The van der Waals surface area contributed by atoms with Gasteiger partial charge in [0, 0.05) is 23.6 Å². The van der Waals surface area contributed by atoms with Crippen LogP contribution in [-0.4, -0.2) is 31.6 Å². The summed E-state index contributed by atoms with van der Waals surface area (Å²) < 4.78 is 18.1. The standard InChI is InChI=1S/C13H17ClFNO2/c1-16(7-3-4-13(17)18-2)9-10-5-6-11(14)8-12(10)15/h5-6,8H,3-4,7,9H2,1-2H3. The van der Waals surface area contributed by atoms with Gasteiger partial charge >= 0.3 is 5.97 Å². The van der Waals surface area contributed by atoms with Crippen molar-refractivity contribution in [1.82, 2.24) is 4.90 Å². The number of nitrogens with zero attached hydrogens (tertiary/aromatic N) is 1. The van der Waals surface area contributed by atoms with E-state index in [1.165, 1.54) is 13.2 Å². The van der Waals surface area contributed by atoms with E-state index in [1.807, 2.05) is 11.9 Å². The molecule has 0 saturated heterocycles. The summed E-state index contributed by atoms with van der Waals surface area (Å²) in [4.78, 5) is 12.9. The minimum absolute atomic E-state index is 0.221. The van der Waals surface area contributed by atoms with Crippen molar-refractivity contribution in [3.05, 3.63) is 34.6 Å². The van der Waals surface area contributed by atoms with Gasteiger partial charge in [-0.25, -0.2) is 4.39 Å². The lowest BCUT2D eigenvalue weighted by Crippen LogP contribution is -2.20. The van der Waals surface area contributed by atoms with E-state index in [4.69, 9.17) is 11.6 Å². The van der Waals surface area contributed by atoms with Crippen LogP contribution in [0.4, 0.5) is 4.39 Å². The van der Waals surface area contributed by atoms with Gasteiger partial charge in [-0.3, -0.25) is 4.79 Å². The first-order chi connectivity index (χ1) is 8.52. The first-order valence-corrected chi connectivity index (χ1v) is 6.10. The van der Waals surface area contributed by atoms with Crippen LogP contribution < -0.4 is 0 Å². The van der Waals surface area contributed by atoms with Crippen LogP contribution in [0.15, 0.2) is 18.2 Å². The van der Waals surface area contributed by atoms with Crippen LogP contribution in [-0.2, 0) is 16.1 Å². The van der Waals surface area contributed by atoms with Gasteiger partial charge in [-0.15, -0.1) is 0 Å². The number of carbonyl (C=O) groups is 1. The molecule has 0 aromatic heterocycles. The molecule has 18 heavy (non-hydrogen) atoms. The Kier molecular flexibility index (Phi) is 6.09. The largest absolute Gasteiger partial charge is 0.469 e. The second-order valence-corrected chi connectivity index (χ2v) is 4.59. The highest BCUT2D eigenvalue weighted by molar-refractivity contribution is 6.30. The maximum absolute atomic E-state index is 13.5. The van der Waals surface area contributed by atoms with Crippen molar-refractivity contribution in [3.8, 4) is 0 Å². The van der Waals surface area contributed by atoms with Crippen molar-refractivity contribution in [3.63, 3.8) is 0 Å². The maximum Gasteiger partial charge on any atom is 0.305 e. The van der Waals surface area contributed by atoms with Gasteiger partial charge in [-0.1, -0.05) is 17.7 Å². The summed E-state index contributed by atoms with van der Waals surface area (Å²) in [5.74, 6) is -0.525. The normalized spacial score (nSPS) is 10.7. The summed E-state index contributed by atoms with van der Waals surface area (Å²) in [5, 5.41) is 0.393. The van der Waals surface area contributed by atoms with Crippen molar-refractivity contribution in [2.45, 2.75) is 19.4 Å². The Bertz CT molecular complexity index is 412. The summed E-state index contributed by atoms with van der Waals surface area (Å²) in [6.45, 7) is 1.20. The number of carbonyl (C=O) groups excluding carboxylic acids is 1. The zero-order valence-corrected chi connectivity index (χ0v) is 11.3. The van der Waals surface area contributed by atoms with Crippen LogP contribution in [0.25, 0.3) is 0 Å². The second-order valence-electron chi connectivity index (χ2n) is 4.15. The molecule has 5 heteroatoms. The fourth-order valence-electron chi connectivity index (χ4n) is 1.62. The highest BCUT2D eigenvalue weighted by Gasteiger charge is 2.07. The average molecular weight is 274 g/mol. The van der Waals surface area contributed by atoms with Crippen molar-refractivity contribution in [1.29, 1.82) is 0 Å². The van der Waals surface area contributed by atoms with E-state index in [2.05, 4.69) is 4.74 Å². The van der Waals surface area contributed by atoms with Crippen LogP contribution in [0.5, 0.6) is 0 Å². The quantitative estimate of drug-likeness (QED) is 0.747. The van der Waals surface area contributed by atoms with Crippen molar-refractivity contribution in [2.75, 3.05) is 20.7 Å². The van der Waals surface area contributed by atoms with Crippen LogP contribution in [0.1, 0.15) is 18.4 Å². The number of ether oxygens (including phenoxy) is 1. The molecule has 0 N–H and O–H groups in total. The summed E-state index contributed by atoms with van der Waals surface area (Å²) >= 11 is 5.68. The summed E-state index contributed by atoms with van der Waals surface area (Å²) in [6.07, 6.45) is 1.07. The zero-order chi connectivity index (χ0) is 13.5.